The van der Waals surface area contributed by atoms with E-state index in [2.05, 4.69) is 5.32 Å². The molecule has 2 amide bonds. The minimum absolute atomic E-state index is 0.0967. The summed E-state index contributed by atoms with van der Waals surface area (Å²) in [5.74, 6) is -0.138. The molecular formula is C21H34ClN2O6P. The molecule has 1 aromatic carbocycles. The van der Waals surface area contributed by atoms with Gasteiger partial charge in [-0.2, -0.15) is 0 Å². The number of ether oxygens (including phenoxy) is 1. The number of amides is 2. The summed E-state index contributed by atoms with van der Waals surface area (Å²) < 4.78 is 28.5. The Morgan fingerprint density at radius 3 is 2.29 bits per heavy atom. The number of hydrogen-bond donors (Lipinski definition) is 1. The van der Waals surface area contributed by atoms with Crippen LogP contribution in [-0.2, 0) is 35.4 Å². The minimum atomic E-state index is -3.50. The van der Waals surface area contributed by atoms with Gasteiger partial charge in [-0.1, -0.05) is 38.1 Å². The quantitative estimate of drug-likeness (QED) is 0.257. The van der Waals surface area contributed by atoms with Crippen molar-refractivity contribution in [1.29, 1.82) is 0 Å². The maximum Gasteiger partial charge on any atom is 0.349 e. The smallest absolute Gasteiger partial charge is 0.349 e. The van der Waals surface area contributed by atoms with E-state index < -0.39 is 25.6 Å². The highest BCUT2D eigenvalue weighted by Crippen LogP contribution is 2.48. The fourth-order valence-electron chi connectivity index (χ4n) is 3.02. The van der Waals surface area contributed by atoms with E-state index in [1.54, 1.807) is 13.8 Å². The first kappa shape index (κ1) is 27.4. The Kier molecular flexibility index (Phi) is 12.2. The van der Waals surface area contributed by atoms with Gasteiger partial charge in [-0.25, -0.2) is 9.59 Å². The van der Waals surface area contributed by atoms with Crippen LogP contribution in [0, 0.1) is 5.92 Å². The summed E-state index contributed by atoms with van der Waals surface area (Å²) in [5.41, 5.74) is 1.74. The molecular weight excluding hydrogens is 443 g/mol. The summed E-state index contributed by atoms with van der Waals surface area (Å²) in [6.45, 7) is 7.98. The maximum absolute atomic E-state index is 13.1. The van der Waals surface area contributed by atoms with Gasteiger partial charge in [-0.3, -0.25) is 4.57 Å². The number of rotatable bonds is 13. The number of urea groups is 1. The van der Waals surface area contributed by atoms with Crippen LogP contribution < -0.4 is 5.32 Å². The number of alkyl halides is 1. The molecule has 0 saturated carbocycles. The van der Waals surface area contributed by atoms with Crippen LogP contribution in [0.2, 0.25) is 0 Å². The highest BCUT2D eigenvalue weighted by Gasteiger charge is 2.32. The van der Waals surface area contributed by atoms with Crippen molar-refractivity contribution in [3.63, 3.8) is 0 Å². The number of methoxy groups -OCH3 is 1. The second-order valence-corrected chi connectivity index (χ2v) is 9.68. The molecule has 1 unspecified atom stereocenters. The molecule has 0 saturated heterocycles. The first-order chi connectivity index (χ1) is 14.7. The Hall–Kier alpha value is -1.60. The van der Waals surface area contributed by atoms with E-state index in [0.29, 0.717) is 12.4 Å². The highest BCUT2D eigenvalue weighted by molar-refractivity contribution is 7.53. The monoisotopic (exact) mass is 476 g/mol. The second-order valence-electron chi connectivity index (χ2n) is 7.39. The minimum Gasteiger partial charge on any atom is -0.467 e. The lowest BCUT2D eigenvalue weighted by Crippen LogP contribution is -2.50. The van der Waals surface area contributed by atoms with E-state index in [0.717, 1.165) is 11.1 Å². The van der Waals surface area contributed by atoms with Crippen molar-refractivity contribution in [2.24, 2.45) is 5.92 Å². The van der Waals surface area contributed by atoms with Gasteiger partial charge in [0.2, 0.25) is 0 Å². The molecule has 0 aliphatic rings. The van der Waals surface area contributed by atoms with Gasteiger partial charge < -0.3 is 24.0 Å². The van der Waals surface area contributed by atoms with Gasteiger partial charge in [0.25, 0.3) is 0 Å². The van der Waals surface area contributed by atoms with Gasteiger partial charge in [0, 0.05) is 18.8 Å². The number of carbonyl (C=O) groups excluding carboxylic acids is 2. The van der Waals surface area contributed by atoms with Crippen molar-refractivity contribution >= 4 is 31.2 Å². The van der Waals surface area contributed by atoms with Crippen molar-refractivity contribution in [3.8, 4) is 0 Å². The SMILES string of the molecule is CCOP(=O)(CN(CC(C)C)C(=O)NC(Cc1cccc(CCl)c1)C(=O)OC)OCC. The maximum atomic E-state index is 13.1. The summed E-state index contributed by atoms with van der Waals surface area (Å²) in [7, 11) is -2.24. The molecule has 0 heterocycles. The van der Waals surface area contributed by atoms with Crippen LogP contribution in [0.1, 0.15) is 38.8 Å². The van der Waals surface area contributed by atoms with Crippen molar-refractivity contribution < 1.29 is 27.9 Å². The van der Waals surface area contributed by atoms with Crippen LogP contribution in [0.3, 0.4) is 0 Å². The highest BCUT2D eigenvalue weighted by atomic mass is 35.5. The average Bonchev–Trinajstić information content (AvgIpc) is 2.72. The van der Waals surface area contributed by atoms with Crippen LogP contribution in [0.5, 0.6) is 0 Å². The molecule has 31 heavy (non-hydrogen) atoms. The summed E-state index contributed by atoms with van der Waals surface area (Å²) in [5, 5.41) is 2.71. The zero-order valence-corrected chi connectivity index (χ0v) is 20.6. The number of carbonyl (C=O) groups is 2. The summed E-state index contributed by atoms with van der Waals surface area (Å²) in [6.07, 6.45) is 0.0154. The standard InChI is InChI=1S/C21H34ClN2O6P/c1-6-29-31(27,30-7-2)15-24(14-16(3)4)21(26)23-19(20(25)28-5)12-17-9-8-10-18(11-17)13-22/h8-11,16,19H,6-7,12-15H2,1-5H3,(H,23,26). The molecule has 0 aliphatic carbocycles. The Labute approximate surface area is 190 Å². The molecule has 1 atom stereocenters. The Balaban J connectivity index is 3.05. The van der Waals surface area contributed by atoms with Crippen LogP contribution in [0.4, 0.5) is 4.79 Å². The van der Waals surface area contributed by atoms with Gasteiger partial charge in [0.05, 0.1) is 20.3 Å². The zero-order valence-electron chi connectivity index (χ0n) is 18.9. The molecule has 0 fully saturated rings. The van der Waals surface area contributed by atoms with Gasteiger partial charge in [0.1, 0.15) is 12.3 Å². The summed E-state index contributed by atoms with van der Waals surface area (Å²) in [4.78, 5) is 26.8. The summed E-state index contributed by atoms with van der Waals surface area (Å²) in [6, 6.07) is 5.98. The number of nitrogens with one attached hydrogen (secondary N) is 1. The van der Waals surface area contributed by atoms with Gasteiger partial charge in [0.15, 0.2) is 0 Å². The Morgan fingerprint density at radius 2 is 1.77 bits per heavy atom. The molecule has 0 aliphatic heterocycles. The average molecular weight is 477 g/mol. The fourth-order valence-corrected chi connectivity index (χ4v) is 4.87. The van der Waals surface area contributed by atoms with Crippen LogP contribution in [-0.4, -0.2) is 56.1 Å². The van der Waals surface area contributed by atoms with Gasteiger partial charge in [-0.15, -0.1) is 11.6 Å². The fraction of sp³-hybridized carbons (Fsp3) is 0.619. The van der Waals surface area contributed by atoms with E-state index in [4.69, 9.17) is 25.4 Å². The third kappa shape index (κ3) is 9.60. The zero-order chi connectivity index (χ0) is 23.4. The number of benzene rings is 1. The number of hydrogen-bond acceptors (Lipinski definition) is 6. The normalized spacial score (nSPS) is 12.5. The predicted octanol–water partition coefficient (Wildman–Crippen LogP) is 4.40. The van der Waals surface area contributed by atoms with E-state index >= 15 is 0 Å². The third-order valence-corrected chi connectivity index (χ3v) is 6.54. The molecule has 0 aromatic heterocycles. The molecule has 1 rings (SSSR count). The lowest BCUT2D eigenvalue weighted by Gasteiger charge is -2.29. The number of halogens is 1. The molecule has 1 aromatic rings. The Bertz CT molecular complexity index is 751. The first-order valence-corrected chi connectivity index (χ1v) is 12.6. The predicted molar refractivity (Wildman–Crippen MR) is 121 cm³/mol. The van der Waals surface area contributed by atoms with Crippen LogP contribution >= 0.6 is 19.2 Å². The molecule has 10 heteroatoms. The van der Waals surface area contributed by atoms with Gasteiger partial charge in [-0.05, 0) is 30.9 Å². The third-order valence-electron chi connectivity index (χ3n) is 4.24. The second kappa shape index (κ2) is 13.7. The van der Waals surface area contributed by atoms with Crippen molar-refractivity contribution in [2.45, 2.75) is 46.0 Å². The lowest BCUT2D eigenvalue weighted by molar-refractivity contribution is -0.142. The van der Waals surface area contributed by atoms with Crippen molar-refractivity contribution in [2.75, 3.05) is 33.2 Å². The molecule has 0 radical (unpaired) electrons. The van der Waals surface area contributed by atoms with E-state index in [-0.39, 0.29) is 31.8 Å². The molecule has 1 N–H and O–H groups in total. The van der Waals surface area contributed by atoms with Crippen LogP contribution in [0.25, 0.3) is 0 Å². The van der Waals surface area contributed by atoms with E-state index in [1.807, 2.05) is 38.1 Å². The van der Waals surface area contributed by atoms with Gasteiger partial charge >= 0.3 is 19.6 Å². The summed E-state index contributed by atoms with van der Waals surface area (Å²) >= 11 is 5.89. The lowest BCUT2D eigenvalue weighted by atomic mass is 10.0. The molecule has 8 nitrogen and oxygen atoms in total. The molecule has 176 valence electrons. The molecule has 0 bridgehead atoms. The first-order valence-electron chi connectivity index (χ1n) is 10.3. The van der Waals surface area contributed by atoms with E-state index in [1.165, 1.54) is 12.0 Å². The van der Waals surface area contributed by atoms with Crippen molar-refractivity contribution in [1.82, 2.24) is 10.2 Å². The van der Waals surface area contributed by atoms with Crippen molar-refractivity contribution in [3.05, 3.63) is 35.4 Å². The number of esters is 1. The van der Waals surface area contributed by atoms with E-state index in [9.17, 15) is 14.2 Å². The Morgan fingerprint density at radius 1 is 1.16 bits per heavy atom. The topological polar surface area (TPSA) is 94.2 Å². The molecule has 0 spiro atoms. The number of nitrogens with zero attached hydrogens (tertiary/aromatic N) is 1. The van der Waals surface area contributed by atoms with Crippen LogP contribution in [0.15, 0.2) is 24.3 Å². The largest absolute Gasteiger partial charge is 0.467 e.